The van der Waals surface area contributed by atoms with Crippen molar-refractivity contribution >= 4 is 16.9 Å². The van der Waals surface area contributed by atoms with Gasteiger partial charge < -0.3 is 14.6 Å². The van der Waals surface area contributed by atoms with E-state index in [4.69, 9.17) is 4.74 Å². The predicted molar refractivity (Wildman–Crippen MR) is 109 cm³/mol. The summed E-state index contributed by atoms with van der Waals surface area (Å²) >= 11 is 0. The van der Waals surface area contributed by atoms with Crippen LogP contribution in [0.1, 0.15) is 31.4 Å². The second-order valence-corrected chi connectivity index (χ2v) is 7.24. The van der Waals surface area contributed by atoms with Crippen molar-refractivity contribution in [1.82, 2.24) is 14.5 Å². The molecule has 3 aromatic rings. The first kappa shape index (κ1) is 18.8. The molecule has 1 saturated heterocycles. The van der Waals surface area contributed by atoms with Crippen LogP contribution < -0.4 is 10.4 Å². The first-order valence-electron chi connectivity index (χ1n) is 9.72. The number of fused-ring (bicyclic) bond motifs is 1. The number of amides is 1. The molecule has 0 spiro atoms. The number of hydrogen-bond donors (Lipinski definition) is 1. The summed E-state index contributed by atoms with van der Waals surface area (Å²) in [6.07, 6.45) is 0.723. The van der Waals surface area contributed by atoms with Gasteiger partial charge >= 0.3 is 5.69 Å². The van der Waals surface area contributed by atoms with Crippen LogP contribution in [0.4, 0.5) is 0 Å². The van der Waals surface area contributed by atoms with Crippen molar-refractivity contribution in [2.45, 2.75) is 31.9 Å². The monoisotopic (exact) mass is 390 g/mol. The lowest BCUT2D eigenvalue weighted by atomic mass is 10.0. The van der Waals surface area contributed by atoms with E-state index < -0.39 is 6.10 Å². The van der Waals surface area contributed by atoms with Crippen molar-refractivity contribution in [2.24, 2.45) is 0 Å². The fourth-order valence-electron chi connectivity index (χ4n) is 3.94. The number of H-pyrrole nitrogens is 1. The summed E-state index contributed by atoms with van der Waals surface area (Å²) < 4.78 is 7.56. The van der Waals surface area contributed by atoms with Gasteiger partial charge in [-0.25, -0.2) is 4.79 Å². The Balaban J connectivity index is 1.42. The molecule has 0 saturated carbocycles. The molecule has 7 nitrogen and oxygen atoms in total. The van der Waals surface area contributed by atoms with Crippen molar-refractivity contribution < 1.29 is 9.53 Å². The Hall–Kier alpha value is -3.53. The zero-order valence-electron chi connectivity index (χ0n) is 16.2. The van der Waals surface area contributed by atoms with Gasteiger partial charge in [0.1, 0.15) is 11.8 Å². The van der Waals surface area contributed by atoms with Crippen molar-refractivity contribution in [2.75, 3.05) is 13.1 Å². The number of carbonyl (C=O) groups excluding carboxylic acids is 1. The quantitative estimate of drug-likeness (QED) is 0.742. The number of aromatic amines is 1. The van der Waals surface area contributed by atoms with Crippen LogP contribution in [0.2, 0.25) is 0 Å². The maximum atomic E-state index is 12.8. The summed E-state index contributed by atoms with van der Waals surface area (Å²) in [7, 11) is 0. The molecule has 1 aliphatic heterocycles. The average Bonchev–Trinajstić information content (AvgIpc) is 3.09. The second kappa shape index (κ2) is 7.84. The van der Waals surface area contributed by atoms with E-state index in [9.17, 15) is 14.9 Å². The molecule has 29 heavy (non-hydrogen) atoms. The lowest BCUT2D eigenvalue weighted by molar-refractivity contribution is -0.139. The minimum atomic E-state index is -0.683. The number of para-hydroxylation sites is 3. The average molecular weight is 390 g/mol. The minimum absolute atomic E-state index is 0.0539. The van der Waals surface area contributed by atoms with Gasteiger partial charge in [0.25, 0.3) is 5.91 Å². The Morgan fingerprint density at radius 3 is 2.62 bits per heavy atom. The largest absolute Gasteiger partial charge is 0.480 e. The summed E-state index contributed by atoms with van der Waals surface area (Å²) in [5.41, 5.74) is 2.02. The highest BCUT2D eigenvalue weighted by molar-refractivity contribution is 5.81. The molecule has 0 bridgehead atoms. The standard InChI is InChI=1S/C22H22N4O3/c1-15(29-20-9-5-2-6-16(20)14-23)21(27)25-12-10-17(11-13-25)26-19-8-4-3-7-18(19)24-22(26)28/h2-9,15,17H,10-13H2,1H3,(H,24,28). The van der Waals surface area contributed by atoms with Gasteiger partial charge in [0.15, 0.2) is 6.10 Å². The summed E-state index contributed by atoms with van der Waals surface area (Å²) in [5.74, 6) is 0.304. The number of nitriles is 1. The van der Waals surface area contributed by atoms with E-state index in [0.717, 1.165) is 11.0 Å². The number of benzene rings is 2. The highest BCUT2D eigenvalue weighted by Gasteiger charge is 2.29. The molecule has 148 valence electrons. The molecule has 1 aliphatic rings. The lowest BCUT2D eigenvalue weighted by Crippen LogP contribution is -2.45. The van der Waals surface area contributed by atoms with E-state index in [1.54, 1.807) is 40.7 Å². The van der Waals surface area contributed by atoms with Crippen LogP contribution in [0.3, 0.4) is 0 Å². The van der Waals surface area contributed by atoms with Gasteiger partial charge in [-0.2, -0.15) is 5.26 Å². The second-order valence-electron chi connectivity index (χ2n) is 7.24. The summed E-state index contributed by atoms with van der Waals surface area (Å²) in [5, 5.41) is 9.18. The fourth-order valence-corrected chi connectivity index (χ4v) is 3.94. The van der Waals surface area contributed by atoms with E-state index in [1.807, 2.05) is 24.3 Å². The normalized spacial score (nSPS) is 15.8. The predicted octanol–water partition coefficient (Wildman–Crippen LogP) is 2.83. The molecule has 2 heterocycles. The Bertz CT molecular complexity index is 1130. The number of piperidine rings is 1. The Labute approximate surface area is 168 Å². The van der Waals surface area contributed by atoms with Crippen LogP contribution >= 0.6 is 0 Å². The van der Waals surface area contributed by atoms with Crippen LogP contribution in [0.5, 0.6) is 5.75 Å². The highest BCUT2D eigenvalue weighted by atomic mass is 16.5. The number of imidazole rings is 1. The molecule has 1 fully saturated rings. The van der Waals surface area contributed by atoms with Crippen LogP contribution in [0.15, 0.2) is 53.3 Å². The first-order valence-corrected chi connectivity index (χ1v) is 9.72. The number of rotatable bonds is 4. The topological polar surface area (TPSA) is 91.1 Å². The van der Waals surface area contributed by atoms with Crippen molar-refractivity contribution in [3.05, 3.63) is 64.6 Å². The van der Waals surface area contributed by atoms with E-state index in [2.05, 4.69) is 11.1 Å². The number of aromatic nitrogens is 2. The van der Waals surface area contributed by atoms with Gasteiger partial charge in [-0.15, -0.1) is 0 Å². The first-order chi connectivity index (χ1) is 14.1. The van der Waals surface area contributed by atoms with E-state index in [-0.39, 0.29) is 17.6 Å². The van der Waals surface area contributed by atoms with Crippen molar-refractivity contribution in [3.8, 4) is 11.8 Å². The van der Waals surface area contributed by atoms with Crippen molar-refractivity contribution in [1.29, 1.82) is 5.26 Å². The third-order valence-electron chi connectivity index (χ3n) is 5.42. The SMILES string of the molecule is CC(Oc1ccccc1C#N)C(=O)N1CCC(n2c(=O)[nH]c3ccccc32)CC1. The molecule has 1 aromatic heterocycles. The molecule has 1 amide bonds. The Morgan fingerprint density at radius 2 is 1.86 bits per heavy atom. The molecule has 1 atom stereocenters. The lowest BCUT2D eigenvalue weighted by Gasteiger charge is -2.34. The van der Waals surface area contributed by atoms with E-state index >= 15 is 0 Å². The number of nitrogens with zero attached hydrogens (tertiary/aromatic N) is 3. The van der Waals surface area contributed by atoms with Gasteiger partial charge in [0.05, 0.1) is 16.6 Å². The zero-order valence-corrected chi connectivity index (χ0v) is 16.2. The van der Waals surface area contributed by atoms with Crippen molar-refractivity contribution in [3.63, 3.8) is 0 Å². The summed E-state index contributed by atoms with van der Waals surface area (Å²) in [6, 6.07) is 16.7. The van der Waals surface area contributed by atoms with Crippen LogP contribution in [0.25, 0.3) is 11.0 Å². The van der Waals surface area contributed by atoms with Gasteiger partial charge in [-0.05, 0) is 44.0 Å². The highest BCUT2D eigenvalue weighted by Crippen LogP contribution is 2.26. The van der Waals surface area contributed by atoms with E-state index in [1.165, 1.54) is 0 Å². The van der Waals surface area contributed by atoms with Gasteiger partial charge in [0.2, 0.25) is 0 Å². The number of nitrogens with one attached hydrogen (secondary N) is 1. The minimum Gasteiger partial charge on any atom is -0.480 e. The number of hydrogen-bond acceptors (Lipinski definition) is 4. The van der Waals surface area contributed by atoms with Crippen LogP contribution in [0, 0.1) is 11.3 Å². The third-order valence-corrected chi connectivity index (χ3v) is 5.42. The van der Waals surface area contributed by atoms with E-state index in [0.29, 0.717) is 37.2 Å². The van der Waals surface area contributed by atoms with Gasteiger partial charge in [-0.1, -0.05) is 24.3 Å². The third kappa shape index (κ3) is 3.61. The zero-order chi connectivity index (χ0) is 20.4. The molecule has 7 heteroatoms. The summed E-state index contributed by atoms with van der Waals surface area (Å²) in [4.78, 5) is 29.9. The molecule has 0 radical (unpaired) electrons. The molecule has 1 unspecified atom stereocenters. The number of carbonyl (C=O) groups is 1. The molecular formula is C22H22N4O3. The molecule has 4 rings (SSSR count). The maximum Gasteiger partial charge on any atom is 0.326 e. The fraction of sp³-hybridized carbons (Fsp3) is 0.318. The smallest absolute Gasteiger partial charge is 0.326 e. The number of likely N-dealkylation sites (tertiary alicyclic amines) is 1. The summed E-state index contributed by atoms with van der Waals surface area (Å²) in [6.45, 7) is 2.82. The Kier molecular flexibility index (Phi) is 5.09. The molecule has 2 aromatic carbocycles. The molecule has 1 N–H and O–H groups in total. The Morgan fingerprint density at radius 1 is 1.17 bits per heavy atom. The van der Waals surface area contributed by atoms with Crippen LogP contribution in [-0.4, -0.2) is 39.6 Å². The maximum absolute atomic E-state index is 12.8. The van der Waals surface area contributed by atoms with Crippen LogP contribution in [-0.2, 0) is 4.79 Å². The molecule has 0 aliphatic carbocycles. The number of ether oxygens (including phenoxy) is 1. The van der Waals surface area contributed by atoms with Gasteiger partial charge in [0, 0.05) is 19.1 Å². The molecular weight excluding hydrogens is 368 g/mol. The van der Waals surface area contributed by atoms with Gasteiger partial charge in [-0.3, -0.25) is 9.36 Å².